The van der Waals surface area contributed by atoms with Gasteiger partial charge in [-0.25, -0.2) is 0 Å². The molecule has 0 unspecified atom stereocenters. The monoisotopic (exact) mass is 336 g/mol. The summed E-state index contributed by atoms with van der Waals surface area (Å²) >= 11 is 1.73. The summed E-state index contributed by atoms with van der Waals surface area (Å²) in [6, 6.07) is 9.05. The fourth-order valence-corrected chi connectivity index (χ4v) is 8.24. The Kier molecular flexibility index (Phi) is 4.96. The van der Waals surface area contributed by atoms with Crippen molar-refractivity contribution in [1.82, 2.24) is 9.34 Å². The van der Waals surface area contributed by atoms with Crippen molar-refractivity contribution in [1.29, 1.82) is 0 Å². The number of nitrogens with zero attached hydrogens (tertiary/aromatic N) is 2. The summed E-state index contributed by atoms with van der Waals surface area (Å²) in [6.07, 6.45) is 6.74. The number of benzene rings is 1. The van der Waals surface area contributed by atoms with Gasteiger partial charge in [0.25, 0.3) is 0 Å². The van der Waals surface area contributed by atoms with Crippen LogP contribution in [0.25, 0.3) is 0 Å². The number of likely N-dealkylation sites (N-methyl/N-ethyl adjacent to an activating group) is 2. The molecule has 0 radical (unpaired) electrons. The topological polar surface area (TPSA) is 29.5 Å². The molecule has 2 fully saturated rings. The lowest BCUT2D eigenvalue weighted by atomic mass is 9.91. The Morgan fingerprint density at radius 3 is 2.41 bits per heavy atom. The summed E-state index contributed by atoms with van der Waals surface area (Å²) in [5.41, 5.74) is 0. The molecule has 1 saturated heterocycles. The molecule has 1 aromatic rings. The van der Waals surface area contributed by atoms with E-state index in [0.29, 0.717) is 12.1 Å². The van der Waals surface area contributed by atoms with Gasteiger partial charge in [-0.3, -0.25) is 0 Å². The van der Waals surface area contributed by atoms with Gasteiger partial charge in [-0.1, -0.05) is 31.1 Å². The van der Waals surface area contributed by atoms with Crippen LogP contribution in [0.1, 0.15) is 25.7 Å². The molecule has 1 aromatic carbocycles. The van der Waals surface area contributed by atoms with E-state index in [-0.39, 0.29) is 0 Å². The number of hydrogen-bond acceptors (Lipinski definition) is 4. The van der Waals surface area contributed by atoms with Crippen LogP contribution in [0.4, 0.5) is 0 Å². The van der Waals surface area contributed by atoms with E-state index in [1.165, 1.54) is 12.8 Å². The zero-order valence-corrected chi connectivity index (χ0v) is 15.2. The molecule has 3 nitrogen and oxygen atoms in total. The molecule has 0 N–H and O–H groups in total. The second-order valence-corrected chi connectivity index (χ2v) is 10.1. The lowest BCUT2D eigenvalue weighted by Gasteiger charge is -2.38. The van der Waals surface area contributed by atoms with Gasteiger partial charge in [0.05, 0.1) is 17.0 Å². The summed E-state index contributed by atoms with van der Waals surface area (Å²) < 4.78 is 4.37. The van der Waals surface area contributed by atoms with E-state index >= 15 is 0 Å². The van der Waals surface area contributed by atoms with Gasteiger partial charge in [0.15, 0.2) is 0 Å². The Balaban J connectivity index is 2.00. The molecule has 2 atom stereocenters. The first-order chi connectivity index (χ1) is 10.6. The number of rotatable bonds is 4. The van der Waals surface area contributed by atoms with E-state index < -0.39 is 7.79 Å². The van der Waals surface area contributed by atoms with Crippen LogP contribution in [0, 0.1) is 0 Å². The maximum absolute atomic E-state index is 14.0. The Morgan fingerprint density at radius 1 is 1.23 bits per heavy atom. The standard InChI is InChI=1S/C17H25N2OPS/c1-4-13-22-17-12-8-7-11-16(17)21(20)18(2)14-9-5-6-10-15(14)19(21)3/h4,7-8,11-12,14-15H,1,5-6,9-10,13H2,2-3H3/t14-,15-/m1/s1. The van der Waals surface area contributed by atoms with E-state index in [9.17, 15) is 4.89 Å². The minimum atomic E-state index is -2.68. The van der Waals surface area contributed by atoms with Crippen LogP contribution in [-0.4, -0.2) is 41.3 Å². The zero-order chi connectivity index (χ0) is 15.7. The van der Waals surface area contributed by atoms with Crippen molar-refractivity contribution in [3.8, 4) is 0 Å². The van der Waals surface area contributed by atoms with Gasteiger partial charge in [0.1, 0.15) is 13.1 Å². The first-order valence-corrected chi connectivity index (χ1v) is 10.6. The first-order valence-electron chi connectivity index (χ1n) is 8.00. The molecule has 1 aliphatic carbocycles. The SMILES string of the molecule is C=CCSc1ccccc1[P+]1([O-])N(C)[C@@H]2CCCC[C@H]2N1C. The fraction of sp³-hybridized carbons (Fsp3) is 0.529. The van der Waals surface area contributed by atoms with Crippen molar-refractivity contribution in [3.05, 3.63) is 36.9 Å². The normalized spacial score (nSPS) is 28.5. The minimum Gasteiger partial charge on any atom is -0.646 e. The zero-order valence-electron chi connectivity index (χ0n) is 13.4. The van der Waals surface area contributed by atoms with Crippen LogP contribution >= 0.6 is 19.6 Å². The maximum Gasteiger partial charge on any atom is 0.142 e. The van der Waals surface area contributed by atoms with E-state index in [2.05, 4.69) is 42.1 Å². The van der Waals surface area contributed by atoms with Gasteiger partial charge in [-0.15, -0.1) is 18.3 Å². The van der Waals surface area contributed by atoms with Crippen LogP contribution in [-0.2, 0) is 0 Å². The Bertz CT molecular complexity index is 535. The summed E-state index contributed by atoms with van der Waals surface area (Å²) in [5, 5.41) is 1.00. The van der Waals surface area contributed by atoms with Crippen molar-refractivity contribution >= 4 is 24.9 Å². The molecule has 1 saturated carbocycles. The third-order valence-corrected chi connectivity index (χ3v) is 9.59. The average molecular weight is 336 g/mol. The molecule has 1 heterocycles. The lowest BCUT2D eigenvalue weighted by Crippen LogP contribution is -2.39. The van der Waals surface area contributed by atoms with Crippen LogP contribution in [0.3, 0.4) is 0 Å². The molecule has 2 aliphatic rings. The third-order valence-electron chi connectivity index (χ3n) is 5.04. The number of thioether (sulfide) groups is 1. The average Bonchev–Trinajstić information content (AvgIpc) is 2.76. The summed E-state index contributed by atoms with van der Waals surface area (Å²) in [6.45, 7) is 3.80. The molecule has 0 aromatic heterocycles. The van der Waals surface area contributed by atoms with Crippen molar-refractivity contribution in [2.24, 2.45) is 0 Å². The second-order valence-electron chi connectivity index (χ2n) is 6.18. The Hall–Kier alpha value is -0.380. The smallest absolute Gasteiger partial charge is 0.142 e. The van der Waals surface area contributed by atoms with Crippen molar-refractivity contribution in [2.75, 3.05) is 19.8 Å². The molecule has 0 bridgehead atoms. The highest BCUT2D eigenvalue weighted by Crippen LogP contribution is 2.64. The summed E-state index contributed by atoms with van der Waals surface area (Å²) in [5.74, 6) is 0.845. The quantitative estimate of drug-likeness (QED) is 0.480. The minimum absolute atomic E-state index is 0.432. The summed E-state index contributed by atoms with van der Waals surface area (Å²) in [4.78, 5) is 15.2. The van der Waals surface area contributed by atoms with Gasteiger partial charge in [-0.2, -0.15) is 9.34 Å². The van der Waals surface area contributed by atoms with E-state index in [4.69, 9.17) is 0 Å². The molecule has 22 heavy (non-hydrogen) atoms. The van der Waals surface area contributed by atoms with Gasteiger partial charge < -0.3 is 4.89 Å². The van der Waals surface area contributed by atoms with Gasteiger partial charge in [0, 0.05) is 19.8 Å². The van der Waals surface area contributed by atoms with Crippen molar-refractivity contribution in [3.63, 3.8) is 0 Å². The number of fused-ring (bicyclic) bond motifs is 1. The van der Waals surface area contributed by atoms with E-state index in [1.807, 2.05) is 18.2 Å². The molecular weight excluding hydrogens is 311 g/mol. The molecule has 120 valence electrons. The van der Waals surface area contributed by atoms with Crippen molar-refractivity contribution in [2.45, 2.75) is 42.7 Å². The van der Waals surface area contributed by atoms with E-state index in [1.54, 1.807) is 11.8 Å². The maximum atomic E-state index is 14.0. The lowest BCUT2D eigenvalue weighted by molar-refractivity contribution is -0.185. The second kappa shape index (κ2) is 6.62. The van der Waals surface area contributed by atoms with Gasteiger partial charge >= 0.3 is 0 Å². The molecule has 5 heteroatoms. The molecule has 0 amide bonds. The predicted octanol–water partition coefficient (Wildman–Crippen LogP) is 2.90. The highest BCUT2D eigenvalue weighted by Gasteiger charge is 2.57. The molecular formula is C17H25N2OPS. The Morgan fingerprint density at radius 2 is 1.82 bits per heavy atom. The van der Waals surface area contributed by atoms with Gasteiger partial charge in [0.2, 0.25) is 0 Å². The molecule has 0 spiro atoms. The van der Waals surface area contributed by atoms with Crippen LogP contribution in [0.15, 0.2) is 41.8 Å². The van der Waals surface area contributed by atoms with E-state index in [0.717, 1.165) is 28.8 Å². The molecule has 3 rings (SSSR count). The number of hydrogen-bond donors (Lipinski definition) is 0. The fourth-order valence-electron chi connectivity index (χ4n) is 3.90. The predicted molar refractivity (Wildman–Crippen MR) is 95.5 cm³/mol. The molecule has 1 aliphatic heterocycles. The summed E-state index contributed by atoms with van der Waals surface area (Å²) in [7, 11) is 1.44. The van der Waals surface area contributed by atoms with Crippen LogP contribution in [0.2, 0.25) is 0 Å². The van der Waals surface area contributed by atoms with Crippen LogP contribution < -0.4 is 10.2 Å². The third kappa shape index (κ3) is 2.55. The van der Waals surface area contributed by atoms with Crippen LogP contribution in [0.5, 0.6) is 0 Å². The highest BCUT2D eigenvalue weighted by atomic mass is 32.2. The highest BCUT2D eigenvalue weighted by molar-refractivity contribution is 8.00. The first kappa shape index (κ1) is 16.5. The van der Waals surface area contributed by atoms with Crippen molar-refractivity contribution < 1.29 is 4.89 Å². The van der Waals surface area contributed by atoms with Gasteiger partial charge in [-0.05, 0) is 25.0 Å². The Labute approximate surface area is 138 Å². The largest absolute Gasteiger partial charge is 0.646 e.